The fraction of sp³-hybridized carbons (Fsp3) is 0.304. The van der Waals surface area contributed by atoms with E-state index in [4.69, 9.17) is 29.9 Å². The first-order chi connectivity index (χ1) is 17.9. The van der Waals surface area contributed by atoms with Gasteiger partial charge in [-0.15, -0.1) is 0 Å². The largest absolute Gasteiger partial charge is 0.488 e. The topological polar surface area (TPSA) is 217 Å². The fourth-order valence-corrected chi connectivity index (χ4v) is 3.40. The molecule has 0 aliphatic rings. The van der Waals surface area contributed by atoms with Crippen LogP contribution < -0.4 is 19.3 Å². The summed E-state index contributed by atoms with van der Waals surface area (Å²) in [5.74, 6) is -5.18. The summed E-state index contributed by atoms with van der Waals surface area (Å²) in [6.45, 7) is -1.34. The Morgan fingerprint density at radius 2 is 1.13 bits per heavy atom. The molecule has 2 aromatic rings. The monoisotopic (exact) mass is 535 g/mol. The van der Waals surface area contributed by atoms with E-state index in [1.165, 1.54) is 12.1 Å². The van der Waals surface area contributed by atoms with E-state index in [0.29, 0.717) is 0 Å². The molecule has 0 heterocycles. The van der Waals surface area contributed by atoms with Crippen molar-refractivity contribution in [3.63, 3.8) is 0 Å². The third-order valence-electron chi connectivity index (χ3n) is 4.85. The van der Waals surface area contributed by atoms with Crippen molar-refractivity contribution in [2.24, 2.45) is 0 Å². The van der Waals surface area contributed by atoms with Crippen LogP contribution in [0.4, 0.5) is 17.1 Å². The van der Waals surface area contributed by atoms with Crippen molar-refractivity contribution in [3.05, 3.63) is 52.1 Å². The zero-order valence-corrected chi connectivity index (χ0v) is 20.1. The highest BCUT2D eigenvalue weighted by Gasteiger charge is 2.22. The third kappa shape index (κ3) is 8.85. The first-order valence-electron chi connectivity index (χ1n) is 10.9. The highest BCUT2D eigenvalue weighted by atomic mass is 16.6. The van der Waals surface area contributed by atoms with Gasteiger partial charge in [0.1, 0.15) is 50.9 Å². The van der Waals surface area contributed by atoms with E-state index in [1.807, 2.05) is 0 Å². The summed E-state index contributed by atoms with van der Waals surface area (Å²) in [5.41, 5.74) is 0.541. The maximum atomic E-state index is 11.2. The number of hydrogen-bond donors (Lipinski definition) is 4. The van der Waals surface area contributed by atoms with E-state index >= 15 is 0 Å². The van der Waals surface area contributed by atoms with Crippen molar-refractivity contribution < 1.29 is 54.0 Å². The van der Waals surface area contributed by atoms with E-state index in [2.05, 4.69) is 0 Å². The molecule has 2 rings (SSSR count). The molecule has 38 heavy (non-hydrogen) atoms. The van der Waals surface area contributed by atoms with Crippen molar-refractivity contribution in [2.75, 3.05) is 49.2 Å². The maximum Gasteiger partial charge on any atom is 0.323 e. The Morgan fingerprint density at radius 1 is 0.737 bits per heavy atom. The molecule has 0 unspecified atom stereocenters. The van der Waals surface area contributed by atoms with Crippen molar-refractivity contribution in [3.8, 4) is 11.5 Å². The second-order valence-electron chi connectivity index (χ2n) is 7.86. The van der Waals surface area contributed by atoms with Gasteiger partial charge >= 0.3 is 23.9 Å². The summed E-state index contributed by atoms with van der Waals surface area (Å²) in [6, 6.07) is 7.98. The summed E-state index contributed by atoms with van der Waals surface area (Å²) in [5, 5.41) is 47.9. The van der Waals surface area contributed by atoms with Gasteiger partial charge in [0, 0.05) is 6.07 Å². The van der Waals surface area contributed by atoms with Crippen molar-refractivity contribution in [1.29, 1.82) is 0 Å². The van der Waals surface area contributed by atoms with Crippen LogP contribution in [-0.2, 0) is 19.2 Å². The summed E-state index contributed by atoms with van der Waals surface area (Å²) in [4.78, 5) is 57.5. The summed E-state index contributed by atoms with van der Waals surface area (Å²) in [6.07, 6.45) is 0. The Hall–Kier alpha value is -5.08. The van der Waals surface area contributed by atoms with E-state index < -0.39 is 55.0 Å². The number of aryl methyl sites for hydroxylation is 1. The Bertz CT molecular complexity index is 1180. The smallest absolute Gasteiger partial charge is 0.323 e. The second-order valence-corrected chi connectivity index (χ2v) is 7.86. The molecule has 15 nitrogen and oxygen atoms in total. The number of nitro groups is 1. The zero-order valence-electron chi connectivity index (χ0n) is 20.1. The van der Waals surface area contributed by atoms with Gasteiger partial charge in [0.15, 0.2) is 0 Å². The molecule has 0 amide bonds. The lowest BCUT2D eigenvalue weighted by molar-refractivity contribution is -0.384. The number of non-ortho nitro benzene ring substituents is 1. The van der Waals surface area contributed by atoms with Crippen LogP contribution in [0.25, 0.3) is 0 Å². The number of ether oxygens (including phenoxy) is 2. The molecule has 0 atom stereocenters. The Morgan fingerprint density at radius 3 is 1.53 bits per heavy atom. The van der Waals surface area contributed by atoms with Gasteiger partial charge in [0.2, 0.25) is 0 Å². The number of carboxylic acid groups (broad SMARTS) is 4. The lowest BCUT2D eigenvalue weighted by Crippen LogP contribution is -2.35. The molecular weight excluding hydrogens is 510 g/mol. The molecule has 0 saturated heterocycles. The molecule has 4 N–H and O–H groups in total. The van der Waals surface area contributed by atoms with Crippen molar-refractivity contribution in [1.82, 2.24) is 0 Å². The SMILES string of the molecule is Cc1ccc(N(CC(=O)O)CC(=O)O)c(OCCOc2cc([N+](=O)[O-])ccc2N(CC(=O)O)CC(=O)O)c1. The fourth-order valence-electron chi connectivity index (χ4n) is 3.40. The van der Waals surface area contributed by atoms with Crippen LogP contribution in [0.15, 0.2) is 36.4 Å². The number of carboxylic acids is 4. The van der Waals surface area contributed by atoms with Gasteiger partial charge in [-0.1, -0.05) is 6.07 Å². The normalized spacial score (nSPS) is 10.3. The Kier molecular flexibility index (Phi) is 10.2. The molecule has 2 aromatic carbocycles. The van der Waals surface area contributed by atoms with Crippen LogP contribution in [0.5, 0.6) is 11.5 Å². The van der Waals surface area contributed by atoms with Crippen LogP contribution in [0, 0.1) is 17.0 Å². The van der Waals surface area contributed by atoms with Gasteiger partial charge in [-0.25, -0.2) is 0 Å². The molecule has 0 aliphatic carbocycles. The molecule has 15 heteroatoms. The van der Waals surface area contributed by atoms with Gasteiger partial charge in [0.05, 0.1) is 22.4 Å². The third-order valence-corrected chi connectivity index (χ3v) is 4.85. The molecule has 0 bridgehead atoms. The summed E-state index contributed by atoms with van der Waals surface area (Å²) in [7, 11) is 0. The predicted molar refractivity (Wildman–Crippen MR) is 130 cm³/mol. The minimum Gasteiger partial charge on any atom is -0.488 e. The molecular formula is C23H25N3O12. The van der Waals surface area contributed by atoms with Crippen LogP contribution >= 0.6 is 0 Å². The lowest BCUT2D eigenvalue weighted by atomic mass is 10.2. The number of nitrogens with zero attached hydrogens (tertiary/aromatic N) is 3. The van der Waals surface area contributed by atoms with Gasteiger partial charge in [-0.05, 0) is 30.7 Å². The quantitative estimate of drug-likeness (QED) is 0.135. The number of carbonyl (C=O) groups is 4. The predicted octanol–water partition coefficient (Wildman–Crippen LogP) is 1.31. The van der Waals surface area contributed by atoms with Crippen LogP contribution in [0.2, 0.25) is 0 Å². The molecule has 0 aromatic heterocycles. The molecule has 0 radical (unpaired) electrons. The van der Waals surface area contributed by atoms with Gasteiger partial charge in [0.25, 0.3) is 5.69 Å². The van der Waals surface area contributed by atoms with Crippen LogP contribution in [0.3, 0.4) is 0 Å². The molecule has 204 valence electrons. The first-order valence-corrected chi connectivity index (χ1v) is 10.9. The molecule has 0 spiro atoms. The standard InChI is InChI=1S/C23H25N3O12/c1-14-2-4-16(24(10-20(27)28)11-21(29)30)18(8-14)37-6-7-38-19-9-15(26(35)36)3-5-17(19)25(12-22(31)32)13-23(33)34/h2-5,8-9H,6-7,10-13H2,1H3,(H,27,28)(H,29,30)(H,31,32)(H,33,34). The number of anilines is 2. The van der Waals surface area contributed by atoms with Crippen LogP contribution in [0.1, 0.15) is 5.56 Å². The highest BCUT2D eigenvalue weighted by molar-refractivity contribution is 5.82. The zero-order chi connectivity index (χ0) is 28.4. The Balaban J connectivity index is 2.27. The van der Waals surface area contributed by atoms with E-state index in [0.717, 1.165) is 27.5 Å². The van der Waals surface area contributed by atoms with Gasteiger partial charge in [-0.2, -0.15) is 0 Å². The highest BCUT2D eigenvalue weighted by Crippen LogP contribution is 2.33. The van der Waals surface area contributed by atoms with E-state index in [1.54, 1.807) is 19.1 Å². The average molecular weight is 535 g/mol. The molecule has 0 saturated carbocycles. The van der Waals surface area contributed by atoms with Crippen molar-refractivity contribution >= 4 is 40.9 Å². The lowest BCUT2D eigenvalue weighted by Gasteiger charge is -2.24. The average Bonchev–Trinajstić information content (AvgIpc) is 2.79. The number of benzene rings is 2. The minimum absolute atomic E-state index is 0.00858. The molecule has 0 fully saturated rings. The number of rotatable bonds is 16. The van der Waals surface area contributed by atoms with E-state index in [9.17, 15) is 29.3 Å². The van der Waals surface area contributed by atoms with Crippen molar-refractivity contribution in [2.45, 2.75) is 6.92 Å². The van der Waals surface area contributed by atoms with Crippen LogP contribution in [-0.4, -0.2) is 88.6 Å². The number of hydrogen-bond acceptors (Lipinski definition) is 10. The maximum absolute atomic E-state index is 11.2. The summed E-state index contributed by atoms with van der Waals surface area (Å²) < 4.78 is 11.3. The minimum atomic E-state index is -1.34. The first kappa shape index (κ1) is 29.2. The molecule has 0 aliphatic heterocycles. The van der Waals surface area contributed by atoms with Gasteiger partial charge in [-0.3, -0.25) is 29.3 Å². The number of aliphatic carboxylic acids is 4. The number of nitro benzene ring substituents is 1. The second kappa shape index (κ2) is 13.3. The van der Waals surface area contributed by atoms with E-state index in [-0.39, 0.29) is 41.8 Å². The Labute approximate surface area is 215 Å². The summed E-state index contributed by atoms with van der Waals surface area (Å²) >= 11 is 0. The van der Waals surface area contributed by atoms with Gasteiger partial charge < -0.3 is 39.7 Å².